The van der Waals surface area contributed by atoms with Gasteiger partial charge in [0.2, 0.25) is 5.91 Å². The SMILES string of the molecule is Cc1ccc(NC(=O)CNc2cc(C)on2)c(Br)c1. The predicted octanol–water partition coefficient (Wildman–Crippen LogP) is 3.10. The lowest BCUT2D eigenvalue weighted by Gasteiger charge is -2.08. The van der Waals surface area contributed by atoms with E-state index in [0.29, 0.717) is 11.6 Å². The van der Waals surface area contributed by atoms with Crippen LogP contribution in [-0.4, -0.2) is 17.6 Å². The molecule has 0 aliphatic rings. The molecule has 0 atom stereocenters. The molecule has 1 amide bonds. The predicted molar refractivity (Wildman–Crippen MR) is 77.2 cm³/mol. The minimum absolute atomic E-state index is 0.131. The number of amides is 1. The third-order valence-corrected chi connectivity index (χ3v) is 3.11. The summed E-state index contributed by atoms with van der Waals surface area (Å²) in [6, 6.07) is 7.48. The van der Waals surface area contributed by atoms with Crippen molar-refractivity contribution in [2.24, 2.45) is 0 Å². The van der Waals surface area contributed by atoms with Gasteiger partial charge in [-0.3, -0.25) is 4.79 Å². The number of hydrogen-bond acceptors (Lipinski definition) is 4. The maximum absolute atomic E-state index is 11.8. The van der Waals surface area contributed by atoms with Crippen LogP contribution in [0.4, 0.5) is 11.5 Å². The van der Waals surface area contributed by atoms with Gasteiger partial charge in [0.15, 0.2) is 5.82 Å². The van der Waals surface area contributed by atoms with E-state index in [-0.39, 0.29) is 12.5 Å². The summed E-state index contributed by atoms with van der Waals surface area (Å²) in [5.41, 5.74) is 1.87. The number of nitrogens with zero attached hydrogens (tertiary/aromatic N) is 1. The molecule has 5 nitrogen and oxygen atoms in total. The highest BCUT2D eigenvalue weighted by Gasteiger charge is 2.07. The lowest BCUT2D eigenvalue weighted by molar-refractivity contribution is -0.114. The maximum atomic E-state index is 11.8. The first-order valence-corrected chi connectivity index (χ1v) is 6.57. The number of carbonyl (C=O) groups excluding carboxylic acids is 1. The summed E-state index contributed by atoms with van der Waals surface area (Å²) >= 11 is 3.41. The third-order valence-electron chi connectivity index (χ3n) is 2.46. The first kappa shape index (κ1) is 13.6. The van der Waals surface area contributed by atoms with Crippen LogP contribution in [0.1, 0.15) is 11.3 Å². The number of halogens is 1. The normalized spacial score (nSPS) is 10.3. The zero-order chi connectivity index (χ0) is 13.8. The average Bonchev–Trinajstić information content (AvgIpc) is 2.76. The molecule has 100 valence electrons. The van der Waals surface area contributed by atoms with Crippen LogP contribution in [-0.2, 0) is 4.79 Å². The van der Waals surface area contributed by atoms with Gasteiger partial charge in [0.1, 0.15) is 5.76 Å². The van der Waals surface area contributed by atoms with Crippen molar-refractivity contribution in [3.63, 3.8) is 0 Å². The molecule has 0 saturated heterocycles. The number of nitrogens with one attached hydrogen (secondary N) is 2. The summed E-state index contributed by atoms with van der Waals surface area (Å²) in [5.74, 6) is 1.10. The lowest BCUT2D eigenvalue weighted by Crippen LogP contribution is -2.22. The van der Waals surface area contributed by atoms with Gasteiger partial charge in [0, 0.05) is 10.5 Å². The molecule has 2 aromatic rings. The van der Waals surface area contributed by atoms with Gasteiger partial charge in [-0.15, -0.1) is 0 Å². The number of carbonyl (C=O) groups is 1. The van der Waals surface area contributed by atoms with Crippen molar-refractivity contribution in [2.75, 3.05) is 17.2 Å². The molecular formula is C13H14BrN3O2. The van der Waals surface area contributed by atoms with E-state index >= 15 is 0 Å². The lowest BCUT2D eigenvalue weighted by atomic mass is 10.2. The maximum Gasteiger partial charge on any atom is 0.243 e. The first-order valence-electron chi connectivity index (χ1n) is 5.78. The number of anilines is 2. The molecular weight excluding hydrogens is 310 g/mol. The van der Waals surface area contributed by atoms with Crippen molar-refractivity contribution < 1.29 is 9.32 Å². The van der Waals surface area contributed by atoms with E-state index in [4.69, 9.17) is 4.52 Å². The van der Waals surface area contributed by atoms with E-state index in [1.807, 2.05) is 25.1 Å². The summed E-state index contributed by atoms with van der Waals surface area (Å²) < 4.78 is 5.76. The van der Waals surface area contributed by atoms with Gasteiger partial charge in [0.05, 0.1) is 12.2 Å². The Labute approximate surface area is 119 Å². The summed E-state index contributed by atoms with van der Waals surface area (Å²) in [5, 5.41) is 9.44. The fourth-order valence-corrected chi connectivity index (χ4v) is 2.13. The smallest absolute Gasteiger partial charge is 0.243 e. The second-order valence-electron chi connectivity index (χ2n) is 4.21. The highest BCUT2D eigenvalue weighted by Crippen LogP contribution is 2.23. The van der Waals surface area contributed by atoms with Crippen molar-refractivity contribution in [3.05, 3.63) is 40.1 Å². The number of aromatic nitrogens is 1. The molecule has 0 unspecified atom stereocenters. The largest absolute Gasteiger partial charge is 0.360 e. The first-order chi connectivity index (χ1) is 9.04. The molecule has 0 aliphatic carbocycles. The van der Waals surface area contributed by atoms with Gasteiger partial charge in [-0.05, 0) is 47.5 Å². The van der Waals surface area contributed by atoms with Crippen molar-refractivity contribution in [1.82, 2.24) is 5.16 Å². The fourth-order valence-electron chi connectivity index (χ4n) is 1.54. The molecule has 0 fully saturated rings. The number of aryl methyl sites for hydroxylation is 2. The van der Waals surface area contributed by atoms with Gasteiger partial charge in [-0.2, -0.15) is 0 Å². The Kier molecular flexibility index (Phi) is 4.21. The van der Waals surface area contributed by atoms with Gasteiger partial charge in [-0.1, -0.05) is 11.2 Å². The molecule has 0 aliphatic heterocycles. The molecule has 6 heteroatoms. The monoisotopic (exact) mass is 323 g/mol. The summed E-state index contributed by atoms with van der Waals surface area (Å²) in [6.45, 7) is 3.92. The van der Waals surface area contributed by atoms with Crippen LogP contribution >= 0.6 is 15.9 Å². The van der Waals surface area contributed by atoms with Crippen LogP contribution in [0.5, 0.6) is 0 Å². The highest BCUT2D eigenvalue weighted by molar-refractivity contribution is 9.10. The quantitative estimate of drug-likeness (QED) is 0.907. The average molecular weight is 324 g/mol. The van der Waals surface area contributed by atoms with Crippen molar-refractivity contribution in [3.8, 4) is 0 Å². The zero-order valence-electron chi connectivity index (χ0n) is 10.7. The second-order valence-corrected chi connectivity index (χ2v) is 5.06. The Hall–Kier alpha value is -1.82. The molecule has 1 aromatic heterocycles. The molecule has 2 N–H and O–H groups in total. The summed E-state index contributed by atoms with van der Waals surface area (Å²) in [7, 11) is 0. The molecule has 0 saturated carbocycles. The van der Waals surface area contributed by atoms with Crippen molar-refractivity contribution >= 4 is 33.3 Å². The van der Waals surface area contributed by atoms with Crippen molar-refractivity contribution in [2.45, 2.75) is 13.8 Å². The highest BCUT2D eigenvalue weighted by atomic mass is 79.9. The molecule has 0 bridgehead atoms. The minimum Gasteiger partial charge on any atom is -0.360 e. The fraction of sp³-hybridized carbons (Fsp3) is 0.231. The van der Waals surface area contributed by atoms with Gasteiger partial charge in [0.25, 0.3) is 0 Å². The van der Waals surface area contributed by atoms with Crippen LogP contribution in [0.25, 0.3) is 0 Å². The summed E-state index contributed by atoms with van der Waals surface area (Å²) in [6.07, 6.45) is 0. The Morgan fingerprint density at radius 2 is 2.16 bits per heavy atom. The van der Waals surface area contributed by atoms with Crippen LogP contribution in [0.15, 0.2) is 33.3 Å². The van der Waals surface area contributed by atoms with Gasteiger partial charge in [-0.25, -0.2) is 0 Å². The second kappa shape index (κ2) is 5.88. The van der Waals surface area contributed by atoms with Crippen LogP contribution in [0.3, 0.4) is 0 Å². The summed E-state index contributed by atoms with van der Waals surface area (Å²) in [4.78, 5) is 11.8. The van der Waals surface area contributed by atoms with Crippen LogP contribution < -0.4 is 10.6 Å². The van der Waals surface area contributed by atoms with Gasteiger partial charge < -0.3 is 15.2 Å². The van der Waals surface area contributed by atoms with Crippen LogP contribution in [0, 0.1) is 13.8 Å². The Balaban J connectivity index is 1.90. The molecule has 2 rings (SSSR count). The van der Waals surface area contributed by atoms with E-state index in [1.165, 1.54) is 0 Å². The Morgan fingerprint density at radius 3 is 2.79 bits per heavy atom. The Morgan fingerprint density at radius 1 is 1.37 bits per heavy atom. The molecule has 1 heterocycles. The Bertz CT molecular complexity index is 595. The van der Waals surface area contributed by atoms with Gasteiger partial charge >= 0.3 is 0 Å². The molecule has 0 spiro atoms. The number of benzene rings is 1. The van der Waals surface area contributed by atoms with E-state index < -0.39 is 0 Å². The van der Waals surface area contributed by atoms with Crippen molar-refractivity contribution in [1.29, 1.82) is 0 Å². The van der Waals surface area contributed by atoms with E-state index in [0.717, 1.165) is 15.7 Å². The molecule has 0 radical (unpaired) electrons. The molecule has 1 aromatic carbocycles. The topological polar surface area (TPSA) is 67.2 Å². The number of rotatable bonds is 4. The third kappa shape index (κ3) is 3.82. The van der Waals surface area contributed by atoms with E-state index in [1.54, 1.807) is 13.0 Å². The molecule has 19 heavy (non-hydrogen) atoms. The standard InChI is InChI=1S/C13H14BrN3O2/c1-8-3-4-11(10(14)5-8)16-13(18)7-15-12-6-9(2)19-17-12/h3-6H,7H2,1-2H3,(H,15,17)(H,16,18). The zero-order valence-corrected chi connectivity index (χ0v) is 12.2. The van der Waals surface area contributed by atoms with E-state index in [9.17, 15) is 4.79 Å². The number of hydrogen-bond donors (Lipinski definition) is 2. The minimum atomic E-state index is -0.148. The van der Waals surface area contributed by atoms with Crippen LogP contribution in [0.2, 0.25) is 0 Å². The van der Waals surface area contributed by atoms with E-state index in [2.05, 4.69) is 31.7 Å².